The molecule has 0 aliphatic rings. The third-order valence-electron chi connectivity index (χ3n) is 3.11. The highest BCUT2D eigenvalue weighted by Gasteiger charge is 2.05. The predicted molar refractivity (Wildman–Crippen MR) is 87.0 cm³/mol. The van der Waals surface area contributed by atoms with E-state index in [1.165, 1.54) is 5.56 Å². The number of benzene rings is 2. The van der Waals surface area contributed by atoms with Gasteiger partial charge in [0, 0.05) is 5.69 Å². The van der Waals surface area contributed by atoms with Crippen LogP contribution in [0, 0.1) is 0 Å². The molecule has 1 unspecified atom stereocenters. The van der Waals surface area contributed by atoms with Gasteiger partial charge in [0.15, 0.2) is 0 Å². The summed E-state index contributed by atoms with van der Waals surface area (Å²) in [6.45, 7) is 2.63. The first-order valence-electron chi connectivity index (χ1n) is 7.38. The van der Waals surface area contributed by atoms with Gasteiger partial charge in [0.05, 0.1) is 12.7 Å². The number of ether oxygens (including phenoxy) is 2. The van der Waals surface area contributed by atoms with Crippen LogP contribution < -0.4 is 5.32 Å². The number of anilines is 1. The van der Waals surface area contributed by atoms with Gasteiger partial charge in [-0.25, -0.2) is 4.79 Å². The monoisotopic (exact) mass is 299 g/mol. The molecule has 4 nitrogen and oxygen atoms in total. The SMILES string of the molecule is CC(Cc1ccccc1)OCCOC(=O)Nc1ccccc1. The number of carbonyl (C=O) groups excluding carboxylic acids is 1. The molecule has 0 saturated heterocycles. The highest BCUT2D eigenvalue weighted by atomic mass is 16.6. The van der Waals surface area contributed by atoms with Crippen LogP contribution >= 0.6 is 0 Å². The number of hydrogen-bond donors (Lipinski definition) is 1. The molecule has 0 bridgehead atoms. The summed E-state index contributed by atoms with van der Waals surface area (Å²) < 4.78 is 10.7. The Balaban J connectivity index is 1.59. The molecule has 1 N–H and O–H groups in total. The molecule has 2 aromatic carbocycles. The number of amides is 1. The van der Waals surface area contributed by atoms with Crippen LogP contribution in [0.3, 0.4) is 0 Å². The highest BCUT2D eigenvalue weighted by molar-refractivity contribution is 5.84. The summed E-state index contributed by atoms with van der Waals surface area (Å²) in [4.78, 5) is 11.6. The van der Waals surface area contributed by atoms with Gasteiger partial charge in [0.1, 0.15) is 6.61 Å². The molecule has 0 fully saturated rings. The molecule has 1 amide bonds. The molecule has 0 spiro atoms. The lowest BCUT2D eigenvalue weighted by Gasteiger charge is -2.13. The van der Waals surface area contributed by atoms with E-state index in [0.29, 0.717) is 12.3 Å². The summed E-state index contributed by atoms with van der Waals surface area (Å²) in [7, 11) is 0. The van der Waals surface area contributed by atoms with E-state index < -0.39 is 6.09 Å². The van der Waals surface area contributed by atoms with Gasteiger partial charge in [-0.05, 0) is 31.0 Å². The smallest absolute Gasteiger partial charge is 0.411 e. The Bertz CT molecular complexity index is 557. The van der Waals surface area contributed by atoms with Crippen molar-refractivity contribution in [2.45, 2.75) is 19.4 Å². The lowest BCUT2D eigenvalue weighted by Crippen LogP contribution is -2.19. The van der Waals surface area contributed by atoms with Gasteiger partial charge >= 0.3 is 6.09 Å². The molecule has 0 radical (unpaired) electrons. The van der Waals surface area contributed by atoms with Gasteiger partial charge in [0.25, 0.3) is 0 Å². The summed E-state index contributed by atoms with van der Waals surface area (Å²) in [6, 6.07) is 19.4. The molecule has 0 heterocycles. The summed E-state index contributed by atoms with van der Waals surface area (Å²) in [5.74, 6) is 0. The maximum absolute atomic E-state index is 11.6. The number of para-hydroxylation sites is 1. The van der Waals surface area contributed by atoms with Crippen molar-refractivity contribution < 1.29 is 14.3 Å². The zero-order valence-electron chi connectivity index (χ0n) is 12.7. The fourth-order valence-electron chi connectivity index (χ4n) is 2.06. The normalized spacial score (nSPS) is 11.7. The topological polar surface area (TPSA) is 47.6 Å². The molecular formula is C18H21NO3. The van der Waals surface area contributed by atoms with Gasteiger partial charge in [-0.3, -0.25) is 5.32 Å². The van der Waals surface area contributed by atoms with Gasteiger partial charge < -0.3 is 9.47 Å². The van der Waals surface area contributed by atoms with E-state index >= 15 is 0 Å². The second-order valence-electron chi connectivity index (χ2n) is 5.00. The van der Waals surface area contributed by atoms with Crippen LogP contribution in [0.25, 0.3) is 0 Å². The van der Waals surface area contributed by atoms with Crippen LogP contribution in [0.15, 0.2) is 60.7 Å². The minimum atomic E-state index is -0.467. The van der Waals surface area contributed by atoms with Crippen molar-refractivity contribution >= 4 is 11.8 Å². The van der Waals surface area contributed by atoms with E-state index in [2.05, 4.69) is 17.4 Å². The molecular weight excluding hydrogens is 278 g/mol. The van der Waals surface area contributed by atoms with Crippen molar-refractivity contribution in [1.29, 1.82) is 0 Å². The minimum Gasteiger partial charge on any atom is -0.447 e. The minimum absolute atomic E-state index is 0.0863. The summed E-state index contributed by atoms with van der Waals surface area (Å²) in [5, 5.41) is 2.65. The van der Waals surface area contributed by atoms with Crippen molar-refractivity contribution in [2.75, 3.05) is 18.5 Å². The van der Waals surface area contributed by atoms with Gasteiger partial charge in [-0.2, -0.15) is 0 Å². The summed E-state index contributed by atoms with van der Waals surface area (Å²) in [5.41, 5.74) is 1.95. The lowest BCUT2D eigenvalue weighted by atomic mass is 10.1. The third kappa shape index (κ3) is 5.97. The summed E-state index contributed by atoms with van der Waals surface area (Å²) in [6.07, 6.45) is 0.463. The van der Waals surface area contributed by atoms with E-state index in [1.54, 1.807) is 12.1 Å². The Hall–Kier alpha value is -2.33. The molecule has 0 aliphatic heterocycles. The van der Waals surface area contributed by atoms with Gasteiger partial charge in [-0.15, -0.1) is 0 Å². The zero-order valence-corrected chi connectivity index (χ0v) is 12.7. The average Bonchev–Trinajstić information content (AvgIpc) is 2.53. The fraction of sp³-hybridized carbons (Fsp3) is 0.278. The molecule has 0 aliphatic carbocycles. The first-order chi connectivity index (χ1) is 10.7. The maximum Gasteiger partial charge on any atom is 0.411 e. The highest BCUT2D eigenvalue weighted by Crippen LogP contribution is 2.06. The van der Waals surface area contributed by atoms with Crippen LogP contribution in [-0.4, -0.2) is 25.4 Å². The van der Waals surface area contributed by atoms with Crippen LogP contribution in [-0.2, 0) is 15.9 Å². The second kappa shape index (κ2) is 8.85. The molecule has 116 valence electrons. The van der Waals surface area contributed by atoms with Crippen LogP contribution in [0.2, 0.25) is 0 Å². The molecule has 2 aromatic rings. The van der Waals surface area contributed by atoms with E-state index in [4.69, 9.17) is 9.47 Å². The lowest BCUT2D eigenvalue weighted by molar-refractivity contribution is 0.0339. The molecule has 2 rings (SSSR count). The average molecular weight is 299 g/mol. The van der Waals surface area contributed by atoms with Crippen LogP contribution in [0.1, 0.15) is 12.5 Å². The first kappa shape index (κ1) is 16.0. The predicted octanol–water partition coefficient (Wildman–Crippen LogP) is 3.88. The number of rotatable bonds is 7. The Morgan fingerprint density at radius 2 is 1.64 bits per heavy atom. The maximum atomic E-state index is 11.6. The largest absolute Gasteiger partial charge is 0.447 e. The molecule has 1 atom stereocenters. The Kier molecular flexibility index (Phi) is 6.45. The van der Waals surface area contributed by atoms with Crippen molar-refractivity contribution in [3.63, 3.8) is 0 Å². The number of hydrogen-bond acceptors (Lipinski definition) is 3. The summed E-state index contributed by atoms with van der Waals surface area (Å²) >= 11 is 0. The van der Waals surface area contributed by atoms with E-state index in [-0.39, 0.29) is 12.7 Å². The van der Waals surface area contributed by atoms with E-state index in [1.807, 2.05) is 43.3 Å². The Morgan fingerprint density at radius 1 is 1.00 bits per heavy atom. The van der Waals surface area contributed by atoms with E-state index in [0.717, 1.165) is 6.42 Å². The van der Waals surface area contributed by atoms with Crippen molar-refractivity contribution in [2.24, 2.45) is 0 Å². The van der Waals surface area contributed by atoms with E-state index in [9.17, 15) is 4.79 Å². The zero-order chi connectivity index (χ0) is 15.6. The molecule has 22 heavy (non-hydrogen) atoms. The molecule has 0 saturated carbocycles. The molecule has 0 aromatic heterocycles. The van der Waals surface area contributed by atoms with Gasteiger partial charge in [0.2, 0.25) is 0 Å². The standard InChI is InChI=1S/C18H21NO3/c1-15(14-16-8-4-2-5-9-16)21-12-13-22-18(20)19-17-10-6-3-7-11-17/h2-11,15H,12-14H2,1H3,(H,19,20). The Morgan fingerprint density at radius 3 is 2.32 bits per heavy atom. The number of nitrogens with one attached hydrogen (secondary N) is 1. The van der Waals surface area contributed by atoms with Crippen molar-refractivity contribution in [3.05, 3.63) is 66.2 Å². The first-order valence-corrected chi connectivity index (χ1v) is 7.38. The molecule has 4 heteroatoms. The van der Waals surface area contributed by atoms with Crippen molar-refractivity contribution in [1.82, 2.24) is 0 Å². The van der Waals surface area contributed by atoms with Crippen LogP contribution in [0.5, 0.6) is 0 Å². The number of carbonyl (C=O) groups is 1. The quantitative estimate of drug-likeness (QED) is 0.789. The van der Waals surface area contributed by atoms with Crippen molar-refractivity contribution in [3.8, 4) is 0 Å². The Labute approximate surface area is 131 Å². The second-order valence-corrected chi connectivity index (χ2v) is 5.00. The van der Waals surface area contributed by atoms with Crippen LogP contribution in [0.4, 0.5) is 10.5 Å². The van der Waals surface area contributed by atoms with Gasteiger partial charge in [-0.1, -0.05) is 48.5 Å². The third-order valence-corrected chi connectivity index (χ3v) is 3.11. The fourth-order valence-corrected chi connectivity index (χ4v) is 2.06.